The van der Waals surface area contributed by atoms with E-state index in [0.717, 1.165) is 16.8 Å². The molecule has 0 bridgehead atoms. The molecule has 0 saturated heterocycles. The Bertz CT molecular complexity index is 500. The summed E-state index contributed by atoms with van der Waals surface area (Å²) in [5.74, 6) is 0.980. The number of benzene rings is 1. The Morgan fingerprint density at radius 2 is 2.07 bits per heavy atom. The number of furan rings is 1. The second-order valence-electron chi connectivity index (χ2n) is 3.39. The minimum atomic E-state index is 0.323. The summed E-state index contributed by atoms with van der Waals surface area (Å²) < 4.78 is 5.29. The van der Waals surface area contributed by atoms with Gasteiger partial charge in [0.25, 0.3) is 0 Å². The van der Waals surface area contributed by atoms with Gasteiger partial charge >= 0.3 is 0 Å². The molecule has 0 unspecified atom stereocenters. The van der Waals surface area contributed by atoms with Gasteiger partial charge < -0.3 is 10.2 Å². The van der Waals surface area contributed by atoms with Gasteiger partial charge in [-0.15, -0.1) is 0 Å². The largest absolute Gasteiger partial charge is 0.453 e. The first kappa shape index (κ1) is 9.52. The van der Waals surface area contributed by atoms with Gasteiger partial charge in [-0.2, -0.15) is 0 Å². The molecular formula is C12H11NO2. The predicted octanol–water partition coefficient (Wildman–Crippen LogP) is 2.65. The van der Waals surface area contributed by atoms with Gasteiger partial charge in [-0.3, -0.25) is 4.79 Å². The monoisotopic (exact) mass is 201 g/mol. The van der Waals surface area contributed by atoms with Crippen LogP contribution in [0.3, 0.4) is 0 Å². The number of rotatable bonds is 2. The number of anilines is 1. The third kappa shape index (κ3) is 1.76. The van der Waals surface area contributed by atoms with Crippen molar-refractivity contribution in [3.63, 3.8) is 0 Å². The molecule has 0 aliphatic rings. The highest BCUT2D eigenvalue weighted by molar-refractivity contribution is 5.73. The lowest BCUT2D eigenvalue weighted by Crippen LogP contribution is -1.89. The molecule has 1 heterocycles. The van der Waals surface area contributed by atoms with Crippen molar-refractivity contribution in [2.24, 2.45) is 0 Å². The molecule has 15 heavy (non-hydrogen) atoms. The molecule has 2 rings (SSSR count). The van der Waals surface area contributed by atoms with Gasteiger partial charge in [0.15, 0.2) is 12.0 Å². The van der Waals surface area contributed by atoms with Gasteiger partial charge in [-0.25, -0.2) is 0 Å². The lowest BCUT2D eigenvalue weighted by atomic mass is 10.1. The van der Waals surface area contributed by atoms with Crippen LogP contribution in [0.15, 0.2) is 34.7 Å². The molecule has 0 radical (unpaired) electrons. The molecule has 0 aliphatic carbocycles. The fraction of sp³-hybridized carbons (Fsp3) is 0.0833. The molecule has 2 aromatic rings. The quantitative estimate of drug-likeness (QED) is 0.600. The molecule has 2 N–H and O–H groups in total. The van der Waals surface area contributed by atoms with Crippen LogP contribution in [0.1, 0.15) is 16.1 Å². The number of nitrogen functional groups attached to an aromatic ring is 1. The molecule has 3 heteroatoms. The highest BCUT2D eigenvalue weighted by Gasteiger charge is 2.05. The van der Waals surface area contributed by atoms with Crippen molar-refractivity contribution in [2.75, 3.05) is 5.73 Å². The van der Waals surface area contributed by atoms with Crippen LogP contribution in [0.5, 0.6) is 0 Å². The topological polar surface area (TPSA) is 56.2 Å². The van der Waals surface area contributed by atoms with E-state index in [4.69, 9.17) is 10.2 Å². The Balaban J connectivity index is 2.44. The van der Waals surface area contributed by atoms with Crippen molar-refractivity contribution >= 4 is 12.0 Å². The zero-order valence-electron chi connectivity index (χ0n) is 8.36. The van der Waals surface area contributed by atoms with E-state index in [1.165, 1.54) is 0 Å². The Kier molecular flexibility index (Phi) is 2.29. The average Bonchev–Trinajstić information content (AvgIpc) is 2.70. The van der Waals surface area contributed by atoms with Crippen LogP contribution in [0, 0.1) is 6.92 Å². The summed E-state index contributed by atoms with van der Waals surface area (Å²) in [5.41, 5.74) is 8.41. The van der Waals surface area contributed by atoms with Crippen molar-refractivity contribution in [2.45, 2.75) is 6.92 Å². The normalized spacial score (nSPS) is 10.2. The molecule has 1 aromatic heterocycles. The summed E-state index contributed by atoms with van der Waals surface area (Å²) in [5, 5.41) is 0. The maximum absolute atomic E-state index is 10.5. The first-order chi connectivity index (χ1) is 7.20. The van der Waals surface area contributed by atoms with Crippen LogP contribution in [-0.4, -0.2) is 6.29 Å². The van der Waals surface area contributed by atoms with E-state index in [1.54, 1.807) is 12.1 Å². The summed E-state index contributed by atoms with van der Waals surface area (Å²) in [6.45, 7) is 1.94. The smallest absolute Gasteiger partial charge is 0.185 e. The molecule has 0 saturated carbocycles. The zero-order valence-corrected chi connectivity index (χ0v) is 8.36. The molecule has 3 nitrogen and oxygen atoms in total. The van der Waals surface area contributed by atoms with E-state index in [-0.39, 0.29) is 0 Å². The molecule has 0 fully saturated rings. The van der Waals surface area contributed by atoms with E-state index in [9.17, 15) is 4.79 Å². The summed E-state index contributed by atoms with van der Waals surface area (Å²) in [6.07, 6.45) is 0.682. The van der Waals surface area contributed by atoms with E-state index in [1.807, 2.05) is 25.1 Å². The lowest BCUT2D eigenvalue weighted by Gasteiger charge is -2.01. The standard InChI is InChI=1S/C12H11NO2/c1-8-2-3-9(6-11(8)13)12-5-4-10(7-14)15-12/h2-7H,13H2,1H3. The zero-order chi connectivity index (χ0) is 10.8. The fourth-order valence-electron chi connectivity index (χ4n) is 1.37. The van der Waals surface area contributed by atoms with Crippen molar-refractivity contribution in [3.8, 4) is 11.3 Å². The van der Waals surface area contributed by atoms with Gasteiger partial charge in [0.2, 0.25) is 0 Å². The number of carbonyl (C=O) groups is 1. The summed E-state index contributed by atoms with van der Waals surface area (Å²) in [4.78, 5) is 10.5. The lowest BCUT2D eigenvalue weighted by molar-refractivity contribution is 0.110. The highest BCUT2D eigenvalue weighted by atomic mass is 16.3. The minimum absolute atomic E-state index is 0.323. The third-order valence-electron chi connectivity index (χ3n) is 2.31. The molecule has 0 atom stereocenters. The van der Waals surface area contributed by atoms with Crippen molar-refractivity contribution in [1.29, 1.82) is 0 Å². The summed E-state index contributed by atoms with van der Waals surface area (Å²) in [6, 6.07) is 9.07. The maximum atomic E-state index is 10.5. The van der Waals surface area contributed by atoms with Crippen LogP contribution in [0.4, 0.5) is 5.69 Å². The van der Waals surface area contributed by atoms with E-state index in [2.05, 4.69) is 0 Å². The number of nitrogens with two attached hydrogens (primary N) is 1. The second kappa shape index (κ2) is 3.61. The van der Waals surface area contributed by atoms with Crippen LogP contribution in [0.2, 0.25) is 0 Å². The molecular weight excluding hydrogens is 190 g/mol. The first-order valence-electron chi connectivity index (χ1n) is 4.62. The summed E-state index contributed by atoms with van der Waals surface area (Å²) >= 11 is 0. The molecule has 76 valence electrons. The number of carbonyl (C=O) groups excluding carboxylic acids is 1. The third-order valence-corrected chi connectivity index (χ3v) is 2.31. The van der Waals surface area contributed by atoms with Gasteiger partial charge in [0.05, 0.1) is 0 Å². The van der Waals surface area contributed by atoms with Gasteiger partial charge in [-0.05, 0) is 30.7 Å². The number of aryl methyl sites for hydroxylation is 1. The minimum Gasteiger partial charge on any atom is -0.453 e. The van der Waals surface area contributed by atoms with E-state index < -0.39 is 0 Å². The Morgan fingerprint density at radius 3 is 2.67 bits per heavy atom. The van der Waals surface area contributed by atoms with E-state index in [0.29, 0.717) is 17.8 Å². The fourth-order valence-corrected chi connectivity index (χ4v) is 1.37. The second-order valence-corrected chi connectivity index (χ2v) is 3.39. The van der Waals surface area contributed by atoms with E-state index >= 15 is 0 Å². The van der Waals surface area contributed by atoms with Crippen LogP contribution < -0.4 is 5.73 Å². The van der Waals surface area contributed by atoms with Crippen molar-refractivity contribution < 1.29 is 9.21 Å². The predicted molar refractivity (Wildman–Crippen MR) is 58.7 cm³/mol. The Labute approximate surface area is 87.5 Å². The van der Waals surface area contributed by atoms with Crippen molar-refractivity contribution in [1.82, 2.24) is 0 Å². The first-order valence-corrected chi connectivity index (χ1v) is 4.62. The Hall–Kier alpha value is -2.03. The molecule has 0 aliphatic heterocycles. The van der Waals surface area contributed by atoms with Crippen LogP contribution in [0.25, 0.3) is 11.3 Å². The van der Waals surface area contributed by atoms with Gasteiger partial charge in [0, 0.05) is 11.3 Å². The number of hydrogen-bond acceptors (Lipinski definition) is 3. The highest BCUT2D eigenvalue weighted by Crippen LogP contribution is 2.25. The molecule has 1 aromatic carbocycles. The molecule has 0 amide bonds. The van der Waals surface area contributed by atoms with Gasteiger partial charge in [0.1, 0.15) is 5.76 Å². The maximum Gasteiger partial charge on any atom is 0.185 e. The number of hydrogen-bond donors (Lipinski definition) is 1. The SMILES string of the molecule is Cc1ccc(-c2ccc(C=O)o2)cc1N. The van der Waals surface area contributed by atoms with Crippen LogP contribution >= 0.6 is 0 Å². The average molecular weight is 201 g/mol. The summed E-state index contributed by atoms with van der Waals surface area (Å²) in [7, 11) is 0. The van der Waals surface area contributed by atoms with Crippen LogP contribution in [-0.2, 0) is 0 Å². The Morgan fingerprint density at radius 1 is 1.27 bits per heavy atom. The van der Waals surface area contributed by atoms with Crippen molar-refractivity contribution in [3.05, 3.63) is 41.7 Å². The van der Waals surface area contributed by atoms with Gasteiger partial charge in [-0.1, -0.05) is 12.1 Å². The molecule has 0 spiro atoms. The number of aldehydes is 1.